The van der Waals surface area contributed by atoms with Crippen LogP contribution in [0.4, 0.5) is 0 Å². The summed E-state index contributed by atoms with van der Waals surface area (Å²) in [4.78, 5) is 25.7. The molecule has 0 radical (unpaired) electrons. The number of ketones is 1. The first-order chi connectivity index (χ1) is 14.2. The third-order valence-corrected chi connectivity index (χ3v) is 8.11. The van der Waals surface area contributed by atoms with E-state index >= 15 is 0 Å². The van der Waals surface area contributed by atoms with Crippen LogP contribution in [0.15, 0.2) is 48.5 Å². The zero-order valence-electron chi connectivity index (χ0n) is 14.6. The van der Waals surface area contributed by atoms with Crippen LogP contribution < -0.4 is 5.30 Å². The lowest BCUT2D eigenvalue weighted by atomic mass is 10.0. The molecule has 0 aliphatic heterocycles. The van der Waals surface area contributed by atoms with Gasteiger partial charge < -0.3 is 0 Å². The molecule has 1 unspecified atom stereocenters. The zero-order chi connectivity index (χ0) is 22.2. The third-order valence-electron chi connectivity index (χ3n) is 4.07. The molecule has 0 aromatic heterocycles. The van der Waals surface area contributed by atoms with Gasteiger partial charge in [0.2, 0.25) is 5.30 Å². The molecule has 10 heteroatoms. The van der Waals surface area contributed by atoms with Crippen molar-refractivity contribution >= 4 is 94.0 Å². The van der Waals surface area contributed by atoms with Crippen LogP contribution in [0.1, 0.15) is 26.3 Å². The lowest BCUT2D eigenvalue weighted by Gasteiger charge is -2.10. The minimum atomic E-state index is -2.91. The molecule has 0 aliphatic rings. The molecule has 30 heavy (non-hydrogen) atoms. The van der Waals surface area contributed by atoms with E-state index in [0.717, 1.165) is 0 Å². The highest BCUT2D eigenvalue weighted by Crippen LogP contribution is 2.44. The van der Waals surface area contributed by atoms with Gasteiger partial charge in [0, 0.05) is 5.56 Å². The Balaban J connectivity index is 2.15. The molecule has 0 saturated heterocycles. The fraction of sp³-hybridized carbons (Fsp3) is 0. The Kier molecular flexibility index (Phi) is 7.48. The number of hydrogen-bond donors (Lipinski definition) is 0. The fourth-order valence-electron chi connectivity index (χ4n) is 2.64. The van der Waals surface area contributed by atoms with Crippen molar-refractivity contribution in [3.8, 4) is 0 Å². The second kappa shape index (κ2) is 9.54. The molecule has 0 fully saturated rings. The average molecular weight is 540 g/mol. The van der Waals surface area contributed by atoms with Gasteiger partial charge in [0.05, 0.1) is 25.7 Å². The van der Waals surface area contributed by atoms with E-state index in [1.54, 1.807) is 30.3 Å². The molecule has 0 saturated carbocycles. The molecule has 0 amide bonds. The van der Waals surface area contributed by atoms with Crippen molar-refractivity contribution in [1.82, 2.24) is 0 Å². The van der Waals surface area contributed by atoms with Crippen LogP contribution in [0.2, 0.25) is 30.1 Å². The minimum absolute atomic E-state index is 0.0103. The zero-order valence-corrected chi connectivity index (χ0v) is 20.0. The number of hydrogen-bond acceptors (Lipinski definition) is 3. The van der Waals surface area contributed by atoms with Gasteiger partial charge >= 0.3 is 13.3 Å². The standard InChI is InChI=1S/C20H8Cl6O3P/c21-10-7-4-8-11(22)12(10)20(28)30(29)19-16(25)14(23)13(15(24)17(19)26)18(27)9-5-2-1-3-6-9/h1-8H/q+1. The number of halogens is 6. The highest BCUT2D eigenvalue weighted by molar-refractivity contribution is 7.72. The first-order valence-corrected chi connectivity index (χ1v) is 11.6. The van der Waals surface area contributed by atoms with Crippen molar-refractivity contribution in [2.75, 3.05) is 0 Å². The van der Waals surface area contributed by atoms with E-state index in [1.165, 1.54) is 18.2 Å². The van der Waals surface area contributed by atoms with Gasteiger partial charge in [-0.3, -0.25) is 4.79 Å². The van der Waals surface area contributed by atoms with E-state index in [9.17, 15) is 14.2 Å². The Bertz CT molecular complexity index is 1160. The molecule has 0 N–H and O–H groups in total. The largest absolute Gasteiger partial charge is 0.462 e. The van der Waals surface area contributed by atoms with Crippen molar-refractivity contribution in [3.63, 3.8) is 0 Å². The van der Waals surface area contributed by atoms with Crippen molar-refractivity contribution in [2.45, 2.75) is 0 Å². The molecule has 0 aliphatic carbocycles. The van der Waals surface area contributed by atoms with Gasteiger partial charge in [-0.05, 0) is 12.1 Å². The molecular formula is C20H8Cl6O3P+. The smallest absolute Gasteiger partial charge is 0.288 e. The summed E-state index contributed by atoms with van der Waals surface area (Å²) in [5, 5.41) is -1.44. The second-order valence-electron chi connectivity index (χ2n) is 5.87. The van der Waals surface area contributed by atoms with E-state index in [2.05, 4.69) is 0 Å². The predicted molar refractivity (Wildman–Crippen MR) is 124 cm³/mol. The lowest BCUT2D eigenvalue weighted by Crippen LogP contribution is -2.13. The predicted octanol–water partition coefficient (Wildman–Crippen LogP) is 8.13. The maximum atomic E-state index is 13.1. The SMILES string of the molecule is O=C(c1ccccc1)c1c(Cl)c(Cl)c([P+](=O)C(=O)c2c(Cl)cccc2Cl)c(Cl)c1Cl. The normalized spacial score (nSPS) is 11.3. The Morgan fingerprint density at radius 1 is 0.633 bits per heavy atom. The van der Waals surface area contributed by atoms with Gasteiger partial charge in [0.15, 0.2) is 5.78 Å². The van der Waals surface area contributed by atoms with E-state index in [0.29, 0.717) is 5.56 Å². The Morgan fingerprint density at radius 3 is 1.63 bits per heavy atom. The first kappa shape index (κ1) is 23.5. The summed E-state index contributed by atoms with van der Waals surface area (Å²) < 4.78 is 13.1. The minimum Gasteiger partial charge on any atom is -0.288 e. The van der Waals surface area contributed by atoms with E-state index in [-0.39, 0.29) is 46.6 Å². The van der Waals surface area contributed by atoms with Crippen molar-refractivity contribution in [3.05, 3.63) is 95.4 Å². The number of benzene rings is 3. The van der Waals surface area contributed by atoms with Gasteiger partial charge in [-0.15, -0.1) is 0 Å². The van der Waals surface area contributed by atoms with Gasteiger partial charge in [0.1, 0.15) is 15.6 Å². The van der Waals surface area contributed by atoms with E-state index < -0.39 is 19.1 Å². The summed E-state index contributed by atoms with van der Waals surface area (Å²) in [6.45, 7) is 0. The molecule has 3 aromatic rings. The summed E-state index contributed by atoms with van der Waals surface area (Å²) in [7, 11) is -2.91. The van der Waals surface area contributed by atoms with E-state index in [1.807, 2.05) is 0 Å². The van der Waals surface area contributed by atoms with Crippen molar-refractivity contribution in [1.29, 1.82) is 0 Å². The van der Waals surface area contributed by atoms with Crippen molar-refractivity contribution < 1.29 is 14.2 Å². The Hall–Kier alpha value is -1.16. The quantitative estimate of drug-likeness (QED) is 0.187. The van der Waals surface area contributed by atoms with Crippen LogP contribution in [-0.4, -0.2) is 11.3 Å². The van der Waals surface area contributed by atoms with Crippen LogP contribution in [0.5, 0.6) is 0 Å². The topological polar surface area (TPSA) is 51.2 Å². The lowest BCUT2D eigenvalue weighted by molar-refractivity contribution is 0.103. The molecule has 0 spiro atoms. The highest BCUT2D eigenvalue weighted by atomic mass is 35.5. The summed E-state index contributed by atoms with van der Waals surface area (Å²) >= 11 is 37.2. The fourth-order valence-corrected chi connectivity index (χ4v) is 6.18. The maximum Gasteiger partial charge on any atom is 0.462 e. The molecule has 0 heterocycles. The third kappa shape index (κ3) is 4.26. The van der Waals surface area contributed by atoms with Crippen LogP contribution >= 0.6 is 77.4 Å². The van der Waals surface area contributed by atoms with Gasteiger partial charge in [-0.1, -0.05) is 111 Å². The number of carbonyl (C=O) groups is 2. The van der Waals surface area contributed by atoms with Gasteiger partial charge in [0.25, 0.3) is 0 Å². The Labute approximate surface area is 202 Å². The van der Waals surface area contributed by atoms with Crippen LogP contribution in [0.3, 0.4) is 0 Å². The monoisotopic (exact) mass is 537 g/mol. The second-order valence-corrected chi connectivity index (χ2v) is 9.64. The Morgan fingerprint density at radius 2 is 1.13 bits per heavy atom. The molecule has 152 valence electrons. The summed E-state index contributed by atoms with van der Waals surface area (Å²) in [5.41, 5.74) is -0.913. The number of carbonyl (C=O) groups excluding carboxylic acids is 2. The highest BCUT2D eigenvalue weighted by Gasteiger charge is 2.42. The molecule has 3 nitrogen and oxygen atoms in total. The average Bonchev–Trinajstić information content (AvgIpc) is 2.72. The van der Waals surface area contributed by atoms with E-state index in [4.69, 9.17) is 69.6 Å². The first-order valence-electron chi connectivity index (χ1n) is 8.08. The summed E-state index contributed by atoms with van der Waals surface area (Å²) in [6.07, 6.45) is 0. The van der Waals surface area contributed by atoms with Gasteiger partial charge in [-0.2, -0.15) is 0 Å². The van der Waals surface area contributed by atoms with Gasteiger partial charge in [-0.25, -0.2) is 4.79 Å². The molecule has 3 rings (SSSR count). The summed E-state index contributed by atoms with van der Waals surface area (Å²) in [5.74, 6) is -0.531. The van der Waals surface area contributed by atoms with Crippen molar-refractivity contribution in [2.24, 2.45) is 0 Å². The van der Waals surface area contributed by atoms with Crippen LogP contribution in [0.25, 0.3) is 0 Å². The van der Waals surface area contributed by atoms with Crippen LogP contribution in [0, 0.1) is 0 Å². The maximum absolute atomic E-state index is 13.1. The number of rotatable bonds is 5. The molecular weight excluding hydrogens is 532 g/mol. The summed E-state index contributed by atoms with van der Waals surface area (Å²) in [6, 6.07) is 12.6. The molecule has 1 atom stereocenters. The molecule has 3 aromatic carbocycles. The molecule has 0 bridgehead atoms. The van der Waals surface area contributed by atoms with Crippen LogP contribution in [-0.2, 0) is 4.57 Å².